The van der Waals surface area contributed by atoms with Crippen LogP contribution in [0.5, 0.6) is 0 Å². The molecule has 3 fully saturated rings. The van der Waals surface area contributed by atoms with Gasteiger partial charge in [0.25, 0.3) is 0 Å². The Balaban J connectivity index is 1.81. The minimum atomic E-state index is 0.359. The molecule has 134 valence electrons. The highest BCUT2D eigenvalue weighted by Gasteiger charge is 2.48. The monoisotopic (exact) mass is 323 g/mol. The molecule has 3 rings (SSSR count). The number of piperidine rings is 1. The first-order chi connectivity index (χ1) is 10.8. The van der Waals surface area contributed by atoms with Crippen LogP contribution in [-0.4, -0.2) is 50.4 Å². The summed E-state index contributed by atoms with van der Waals surface area (Å²) in [5, 5.41) is 6.02. The van der Waals surface area contributed by atoms with Crippen LogP contribution in [0.4, 0.5) is 0 Å². The summed E-state index contributed by atoms with van der Waals surface area (Å²) in [4.78, 5) is 0. The number of hydrogen-bond donors (Lipinski definition) is 2. The normalized spacial score (nSPS) is 45.9. The SMILES string of the molecule is COC1CC2NN(C)CC2CC1C1CC(C)NCC1C(C)(C)C. The molecule has 3 aliphatic rings. The molecule has 2 aliphatic heterocycles. The second-order valence-electron chi connectivity index (χ2n) is 9.47. The van der Waals surface area contributed by atoms with E-state index in [9.17, 15) is 0 Å². The smallest absolute Gasteiger partial charge is 0.0617 e. The van der Waals surface area contributed by atoms with Gasteiger partial charge in [-0.2, -0.15) is 0 Å². The molecule has 4 heteroatoms. The van der Waals surface area contributed by atoms with Gasteiger partial charge >= 0.3 is 0 Å². The van der Waals surface area contributed by atoms with Crippen molar-refractivity contribution in [3.63, 3.8) is 0 Å². The summed E-state index contributed by atoms with van der Waals surface area (Å²) in [5.74, 6) is 3.03. The van der Waals surface area contributed by atoms with E-state index in [-0.39, 0.29) is 0 Å². The lowest BCUT2D eigenvalue weighted by molar-refractivity contribution is -0.0585. The van der Waals surface area contributed by atoms with Crippen LogP contribution in [-0.2, 0) is 4.74 Å². The Kier molecular flexibility index (Phi) is 5.09. The molecule has 0 bridgehead atoms. The Morgan fingerprint density at radius 2 is 1.83 bits per heavy atom. The average molecular weight is 324 g/mol. The zero-order valence-electron chi connectivity index (χ0n) is 15.9. The first kappa shape index (κ1) is 17.7. The molecule has 1 aliphatic carbocycles. The third kappa shape index (κ3) is 3.60. The molecule has 0 amide bonds. The van der Waals surface area contributed by atoms with Gasteiger partial charge in [0.1, 0.15) is 0 Å². The van der Waals surface area contributed by atoms with Crippen LogP contribution >= 0.6 is 0 Å². The van der Waals surface area contributed by atoms with Crippen LogP contribution < -0.4 is 10.7 Å². The molecule has 7 unspecified atom stereocenters. The summed E-state index contributed by atoms with van der Waals surface area (Å²) in [7, 11) is 4.10. The minimum absolute atomic E-state index is 0.359. The van der Waals surface area contributed by atoms with Crippen LogP contribution in [0.15, 0.2) is 0 Å². The Morgan fingerprint density at radius 3 is 2.48 bits per heavy atom. The van der Waals surface area contributed by atoms with Crippen molar-refractivity contribution in [1.29, 1.82) is 0 Å². The van der Waals surface area contributed by atoms with Crippen LogP contribution in [0.25, 0.3) is 0 Å². The Morgan fingerprint density at radius 1 is 1.09 bits per heavy atom. The maximum Gasteiger partial charge on any atom is 0.0617 e. The molecule has 0 spiro atoms. The standard InChI is InChI=1S/C19H37N3O/c1-12-7-14(16(10-20-12)19(2,3)4)15-8-13-11-22(5)21-17(13)9-18(15)23-6/h12-18,20-21H,7-11H2,1-6H3. The number of fused-ring (bicyclic) bond motifs is 1. The second kappa shape index (κ2) is 6.62. The molecule has 23 heavy (non-hydrogen) atoms. The maximum atomic E-state index is 6.02. The van der Waals surface area contributed by atoms with Gasteiger partial charge < -0.3 is 10.1 Å². The van der Waals surface area contributed by atoms with Crippen LogP contribution in [0, 0.1) is 29.1 Å². The van der Waals surface area contributed by atoms with Crippen LogP contribution in [0.2, 0.25) is 0 Å². The van der Waals surface area contributed by atoms with Crippen LogP contribution in [0.3, 0.4) is 0 Å². The van der Waals surface area contributed by atoms with E-state index < -0.39 is 0 Å². The van der Waals surface area contributed by atoms with E-state index in [0.29, 0.717) is 29.5 Å². The van der Waals surface area contributed by atoms with Crippen molar-refractivity contribution in [3.05, 3.63) is 0 Å². The number of hydrogen-bond acceptors (Lipinski definition) is 4. The maximum absolute atomic E-state index is 6.02. The average Bonchev–Trinajstić information content (AvgIpc) is 2.83. The van der Waals surface area contributed by atoms with E-state index in [2.05, 4.69) is 50.5 Å². The first-order valence-corrected chi connectivity index (χ1v) is 9.53. The van der Waals surface area contributed by atoms with Gasteiger partial charge in [0.05, 0.1) is 6.10 Å². The molecule has 2 heterocycles. The fraction of sp³-hybridized carbons (Fsp3) is 1.00. The summed E-state index contributed by atoms with van der Waals surface area (Å²) in [6.45, 7) is 12.0. The van der Waals surface area contributed by atoms with E-state index in [1.54, 1.807) is 0 Å². The topological polar surface area (TPSA) is 36.5 Å². The van der Waals surface area contributed by atoms with Gasteiger partial charge in [-0.1, -0.05) is 20.8 Å². The molecular weight excluding hydrogens is 286 g/mol. The number of methoxy groups -OCH3 is 1. The van der Waals surface area contributed by atoms with Crippen LogP contribution in [0.1, 0.15) is 47.0 Å². The number of nitrogens with one attached hydrogen (secondary N) is 2. The molecule has 0 aromatic heterocycles. The molecule has 2 N–H and O–H groups in total. The predicted molar refractivity (Wildman–Crippen MR) is 95.1 cm³/mol. The van der Waals surface area contributed by atoms with Gasteiger partial charge in [-0.05, 0) is 61.8 Å². The van der Waals surface area contributed by atoms with Gasteiger partial charge in [0, 0.05) is 32.8 Å². The van der Waals surface area contributed by atoms with E-state index >= 15 is 0 Å². The van der Waals surface area contributed by atoms with E-state index in [1.807, 2.05) is 7.11 Å². The van der Waals surface area contributed by atoms with Gasteiger partial charge in [-0.25, -0.2) is 5.01 Å². The summed E-state index contributed by atoms with van der Waals surface area (Å²) >= 11 is 0. The van der Waals surface area contributed by atoms with E-state index in [4.69, 9.17) is 4.74 Å². The van der Waals surface area contributed by atoms with E-state index in [0.717, 1.165) is 24.3 Å². The molecule has 0 radical (unpaired) electrons. The Bertz CT molecular complexity index is 408. The van der Waals surface area contributed by atoms with Crippen molar-refractivity contribution in [2.75, 3.05) is 27.2 Å². The second-order valence-corrected chi connectivity index (χ2v) is 9.47. The fourth-order valence-corrected chi connectivity index (χ4v) is 5.61. The number of rotatable bonds is 2. The lowest BCUT2D eigenvalue weighted by Crippen LogP contribution is -2.54. The molecule has 1 saturated carbocycles. The van der Waals surface area contributed by atoms with Crippen molar-refractivity contribution < 1.29 is 4.74 Å². The predicted octanol–water partition coefficient (Wildman–Crippen LogP) is 2.51. The highest BCUT2D eigenvalue weighted by molar-refractivity contribution is 5.00. The van der Waals surface area contributed by atoms with Crippen molar-refractivity contribution in [3.8, 4) is 0 Å². The molecular formula is C19H37N3O. The number of ether oxygens (including phenoxy) is 1. The van der Waals surface area contributed by atoms with Gasteiger partial charge in [0.2, 0.25) is 0 Å². The minimum Gasteiger partial charge on any atom is -0.381 e. The van der Waals surface area contributed by atoms with Gasteiger partial charge in [-0.15, -0.1) is 0 Å². The summed E-state index contributed by atoms with van der Waals surface area (Å²) in [6, 6.07) is 1.26. The molecule has 0 aromatic rings. The summed E-state index contributed by atoms with van der Waals surface area (Å²) in [6.07, 6.45) is 4.21. The van der Waals surface area contributed by atoms with Gasteiger partial charge in [-0.3, -0.25) is 5.43 Å². The molecule has 0 aromatic carbocycles. The first-order valence-electron chi connectivity index (χ1n) is 9.53. The summed E-state index contributed by atoms with van der Waals surface area (Å²) < 4.78 is 6.02. The molecule has 7 atom stereocenters. The number of nitrogens with zero attached hydrogens (tertiary/aromatic N) is 1. The largest absolute Gasteiger partial charge is 0.381 e. The van der Waals surface area contributed by atoms with Crippen molar-refractivity contribution >= 4 is 0 Å². The third-order valence-corrected chi connectivity index (χ3v) is 6.80. The summed E-state index contributed by atoms with van der Waals surface area (Å²) in [5.41, 5.74) is 3.99. The lowest BCUT2D eigenvalue weighted by Gasteiger charge is -2.50. The fourth-order valence-electron chi connectivity index (χ4n) is 5.61. The Labute approximate surface area is 142 Å². The van der Waals surface area contributed by atoms with E-state index in [1.165, 1.54) is 25.8 Å². The molecule has 4 nitrogen and oxygen atoms in total. The zero-order valence-corrected chi connectivity index (χ0v) is 15.9. The zero-order chi connectivity index (χ0) is 16.8. The Hall–Kier alpha value is -0.160. The number of hydrazine groups is 1. The molecule has 2 saturated heterocycles. The third-order valence-electron chi connectivity index (χ3n) is 6.80. The highest BCUT2D eigenvalue weighted by atomic mass is 16.5. The van der Waals surface area contributed by atoms with Crippen molar-refractivity contribution in [1.82, 2.24) is 15.8 Å². The van der Waals surface area contributed by atoms with Gasteiger partial charge in [0.15, 0.2) is 0 Å². The highest BCUT2D eigenvalue weighted by Crippen LogP contribution is 2.47. The van der Waals surface area contributed by atoms with Crippen molar-refractivity contribution in [2.45, 2.75) is 65.1 Å². The van der Waals surface area contributed by atoms with Crippen molar-refractivity contribution in [2.24, 2.45) is 29.1 Å². The lowest BCUT2D eigenvalue weighted by atomic mass is 9.60. The quantitative estimate of drug-likeness (QED) is 0.819.